The zero-order valence-electron chi connectivity index (χ0n) is 17.7. The fourth-order valence-corrected chi connectivity index (χ4v) is 3.22. The summed E-state index contributed by atoms with van der Waals surface area (Å²) >= 11 is 0. The Morgan fingerprint density at radius 3 is 2.39 bits per heavy atom. The van der Waals surface area contributed by atoms with Crippen LogP contribution >= 0.6 is 0 Å². The summed E-state index contributed by atoms with van der Waals surface area (Å²) in [7, 11) is 0. The first-order valence-corrected chi connectivity index (χ1v) is 10.4. The van der Waals surface area contributed by atoms with Gasteiger partial charge in [-0.3, -0.25) is 14.4 Å². The highest BCUT2D eigenvalue weighted by Crippen LogP contribution is 2.24. The van der Waals surface area contributed by atoms with Crippen LogP contribution in [0.4, 0.5) is 5.69 Å². The molecule has 162 valence electrons. The summed E-state index contributed by atoms with van der Waals surface area (Å²) in [5.74, 6) is -1.11. The first kappa shape index (κ1) is 22.4. The molecule has 0 aromatic heterocycles. The van der Waals surface area contributed by atoms with Crippen molar-refractivity contribution in [3.8, 4) is 0 Å². The van der Waals surface area contributed by atoms with Crippen LogP contribution in [0.5, 0.6) is 0 Å². The summed E-state index contributed by atoms with van der Waals surface area (Å²) in [5, 5.41) is 3.16. The van der Waals surface area contributed by atoms with Crippen LogP contribution in [-0.4, -0.2) is 42.8 Å². The second kappa shape index (κ2) is 10.1. The fraction of sp³-hybridized carbons (Fsp3) is 0.333. The van der Waals surface area contributed by atoms with Gasteiger partial charge in [-0.2, -0.15) is 0 Å². The van der Waals surface area contributed by atoms with Crippen molar-refractivity contribution in [2.75, 3.05) is 18.1 Å². The Balaban J connectivity index is 1.59. The standard InChI is InChI=1S/C24H26N2O5/c1-3-16(2)14-25-20-13-22(28)26(23(20)29)19-11-9-18(10-12-19)24(30)31-15-21(27)17-7-5-4-6-8-17/h4-12,16,20,25H,3,13-15H2,1-2H3. The van der Waals surface area contributed by atoms with E-state index in [1.807, 2.05) is 0 Å². The highest BCUT2D eigenvalue weighted by molar-refractivity contribution is 6.22. The SMILES string of the molecule is CCC(C)CNC1CC(=O)N(c2ccc(C(=O)OCC(=O)c3ccccc3)cc2)C1=O. The number of nitrogens with one attached hydrogen (secondary N) is 1. The van der Waals surface area contributed by atoms with Crippen LogP contribution in [-0.2, 0) is 14.3 Å². The Morgan fingerprint density at radius 1 is 1.06 bits per heavy atom. The Morgan fingerprint density at radius 2 is 1.74 bits per heavy atom. The van der Waals surface area contributed by atoms with Gasteiger partial charge in [0, 0.05) is 5.56 Å². The molecule has 2 atom stereocenters. The van der Waals surface area contributed by atoms with E-state index in [2.05, 4.69) is 19.2 Å². The molecule has 0 saturated carbocycles. The van der Waals surface area contributed by atoms with Crippen molar-refractivity contribution in [1.29, 1.82) is 0 Å². The van der Waals surface area contributed by atoms with Crippen molar-refractivity contribution >= 4 is 29.3 Å². The van der Waals surface area contributed by atoms with Crippen LogP contribution in [0.25, 0.3) is 0 Å². The second-order valence-electron chi connectivity index (χ2n) is 7.66. The Bertz CT molecular complexity index is 956. The largest absolute Gasteiger partial charge is 0.454 e. The lowest BCUT2D eigenvalue weighted by Gasteiger charge is -2.17. The fourth-order valence-electron chi connectivity index (χ4n) is 3.22. The summed E-state index contributed by atoms with van der Waals surface area (Å²) < 4.78 is 5.09. The zero-order chi connectivity index (χ0) is 22.4. The molecular formula is C24H26N2O5. The maximum atomic E-state index is 12.7. The smallest absolute Gasteiger partial charge is 0.338 e. The maximum absolute atomic E-state index is 12.7. The molecule has 0 radical (unpaired) electrons. The molecule has 1 heterocycles. The van der Waals surface area contributed by atoms with E-state index in [-0.39, 0.29) is 36.2 Å². The van der Waals surface area contributed by atoms with Gasteiger partial charge in [-0.1, -0.05) is 50.6 Å². The monoisotopic (exact) mass is 422 g/mol. The molecule has 0 bridgehead atoms. The quantitative estimate of drug-likeness (QED) is 0.379. The van der Waals surface area contributed by atoms with Crippen LogP contribution in [0.2, 0.25) is 0 Å². The summed E-state index contributed by atoms with van der Waals surface area (Å²) in [6, 6.07) is 14.1. The first-order chi connectivity index (χ1) is 14.9. The van der Waals surface area contributed by atoms with Crippen molar-refractivity contribution in [2.24, 2.45) is 5.92 Å². The summed E-state index contributed by atoms with van der Waals surface area (Å²) in [5.41, 5.74) is 1.10. The van der Waals surface area contributed by atoms with E-state index >= 15 is 0 Å². The highest BCUT2D eigenvalue weighted by Gasteiger charge is 2.39. The number of anilines is 1. The Hall–Kier alpha value is -3.32. The molecule has 3 rings (SSSR count). The molecular weight excluding hydrogens is 396 g/mol. The molecule has 0 spiro atoms. The number of rotatable bonds is 9. The number of carbonyl (C=O) groups excluding carboxylic acids is 4. The molecule has 1 fully saturated rings. The predicted molar refractivity (Wildman–Crippen MR) is 116 cm³/mol. The third-order valence-electron chi connectivity index (χ3n) is 5.35. The van der Waals surface area contributed by atoms with Crippen LogP contribution in [0, 0.1) is 5.92 Å². The van der Waals surface area contributed by atoms with Crippen molar-refractivity contribution < 1.29 is 23.9 Å². The van der Waals surface area contributed by atoms with Crippen molar-refractivity contribution in [3.05, 3.63) is 65.7 Å². The molecule has 1 aliphatic rings. The van der Waals surface area contributed by atoms with Crippen LogP contribution < -0.4 is 10.2 Å². The number of carbonyl (C=O) groups is 4. The third kappa shape index (κ3) is 5.44. The number of amides is 2. The minimum atomic E-state index is -0.650. The van der Waals surface area contributed by atoms with Gasteiger partial charge in [0.1, 0.15) is 0 Å². The average Bonchev–Trinajstić information content (AvgIpc) is 3.09. The molecule has 7 heteroatoms. The molecule has 1 aliphatic heterocycles. The molecule has 7 nitrogen and oxygen atoms in total. The molecule has 2 unspecified atom stereocenters. The van der Waals surface area contributed by atoms with Gasteiger partial charge in [0.25, 0.3) is 5.91 Å². The number of ketones is 1. The van der Waals surface area contributed by atoms with E-state index in [1.54, 1.807) is 30.3 Å². The van der Waals surface area contributed by atoms with E-state index in [0.717, 1.165) is 11.3 Å². The molecule has 2 aromatic rings. The molecule has 2 aromatic carbocycles. The zero-order valence-corrected chi connectivity index (χ0v) is 17.7. The van der Waals surface area contributed by atoms with Gasteiger partial charge >= 0.3 is 5.97 Å². The number of benzene rings is 2. The molecule has 1 saturated heterocycles. The second-order valence-corrected chi connectivity index (χ2v) is 7.66. The highest BCUT2D eigenvalue weighted by atomic mass is 16.5. The van der Waals surface area contributed by atoms with Gasteiger partial charge in [0.05, 0.1) is 23.7 Å². The topological polar surface area (TPSA) is 92.8 Å². The number of esters is 1. The Kier molecular flexibility index (Phi) is 7.31. The lowest BCUT2D eigenvalue weighted by Crippen LogP contribution is -2.40. The lowest BCUT2D eigenvalue weighted by atomic mass is 10.1. The van der Waals surface area contributed by atoms with E-state index in [9.17, 15) is 19.2 Å². The number of hydrogen-bond acceptors (Lipinski definition) is 6. The summed E-state index contributed by atoms with van der Waals surface area (Å²) in [6.07, 6.45) is 1.10. The van der Waals surface area contributed by atoms with Gasteiger partial charge in [0.2, 0.25) is 5.91 Å². The van der Waals surface area contributed by atoms with Crippen LogP contribution in [0.1, 0.15) is 47.4 Å². The normalized spacial score (nSPS) is 17.0. The van der Waals surface area contributed by atoms with Crippen molar-refractivity contribution in [2.45, 2.75) is 32.7 Å². The number of imide groups is 1. The van der Waals surface area contributed by atoms with Gasteiger partial charge in [-0.05, 0) is 36.7 Å². The van der Waals surface area contributed by atoms with Gasteiger partial charge in [-0.15, -0.1) is 0 Å². The minimum Gasteiger partial charge on any atom is -0.454 e. The van der Waals surface area contributed by atoms with Crippen molar-refractivity contribution in [3.63, 3.8) is 0 Å². The predicted octanol–water partition coefficient (Wildman–Crippen LogP) is 2.99. The van der Waals surface area contributed by atoms with E-state index in [1.165, 1.54) is 24.3 Å². The van der Waals surface area contributed by atoms with Crippen LogP contribution in [0.3, 0.4) is 0 Å². The Labute approximate surface area is 181 Å². The summed E-state index contributed by atoms with van der Waals surface area (Å²) in [4.78, 5) is 50.5. The van der Waals surface area contributed by atoms with E-state index in [0.29, 0.717) is 23.7 Å². The van der Waals surface area contributed by atoms with Gasteiger partial charge in [-0.25, -0.2) is 9.69 Å². The van der Waals surface area contributed by atoms with E-state index < -0.39 is 12.0 Å². The average molecular weight is 422 g/mol. The van der Waals surface area contributed by atoms with Crippen molar-refractivity contribution in [1.82, 2.24) is 5.32 Å². The van der Waals surface area contributed by atoms with Crippen LogP contribution in [0.15, 0.2) is 54.6 Å². The number of nitrogens with zero attached hydrogens (tertiary/aromatic N) is 1. The summed E-state index contributed by atoms with van der Waals surface area (Å²) in [6.45, 7) is 4.46. The molecule has 31 heavy (non-hydrogen) atoms. The third-order valence-corrected chi connectivity index (χ3v) is 5.35. The van der Waals surface area contributed by atoms with Gasteiger partial charge in [0.15, 0.2) is 12.4 Å². The number of ether oxygens (including phenoxy) is 1. The lowest BCUT2D eigenvalue weighted by molar-refractivity contribution is -0.121. The van der Waals surface area contributed by atoms with E-state index in [4.69, 9.17) is 4.74 Å². The molecule has 0 aliphatic carbocycles. The molecule has 1 N–H and O–H groups in total. The van der Waals surface area contributed by atoms with Gasteiger partial charge < -0.3 is 10.1 Å². The number of hydrogen-bond donors (Lipinski definition) is 1. The molecule has 2 amide bonds. The minimum absolute atomic E-state index is 0.112. The number of Topliss-reactive ketones (excluding diaryl/α,β-unsaturated/α-hetero) is 1. The first-order valence-electron chi connectivity index (χ1n) is 10.4. The maximum Gasteiger partial charge on any atom is 0.338 e.